The van der Waals surface area contributed by atoms with Gasteiger partial charge in [0.05, 0.1) is 23.7 Å². The van der Waals surface area contributed by atoms with E-state index in [0.717, 1.165) is 26.1 Å². The van der Waals surface area contributed by atoms with Gasteiger partial charge in [0.15, 0.2) is 0 Å². The van der Waals surface area contributed by atoms with E-state index in [1.165, 1.54) is 52.5 Å². The van der Waals surface area contributed by atoms with Crippen LogP contribution in [0.5, 0.6) is 0 Å². The molecule has 0 N–H and O–H groups in total. The first kappa shape index (κ1) is 21.8. The molecule has 160 valence electrons. The highest BCUT2D eigenvalue weighted by Gasteiger charge is 2.28. The van der Waals surface area contributed by atoms with Crippen molar-refractivity contribution in [3.05, 3.63) is 87.4 Å². The van der Waals surface area contributed by atoms with E-state index in [1.807, 2.05) is 36.8 Å². The molecule has 0 spiro atoms. The van der Waals surface area contributed by atoms with Crippen LogP contribution in [0.2, 0.25) is 0 Å². The summed E-state index contributed by atoms with van der Waals surface area (Å²) in [5.74, 6) is 0. The van der Waals surface area contributed by atoms with Crippen LogP contribution in [-0.4, -0.2) is 21.0 Å². The lowest BCUT2D eigenvalue weighted by molar-refractivity contribution is 0.160. The van der Waals surface area contributed by atoms with Crippen LogP contribution >= 0.6 is 15.9 Å². The molecule has 5 heteroatoms. The van der Waals surface area contributed by atoms with Gasteiger partial charge in [0, 0.05) is 36.3 Å². The fraction of sp³-hybridized carbons (Fsp3) is 0.385. The lowest BCUT2D eigenvalue weighted by Gasteiger charge is -2.38. The normalized spacial score (nSPS) is 16.1. The number of aromatic nitrogens is 2. The predicted octanol–water partition coefficient (Wildman–Crippen LogP) is 6.25. The molecule has 31 heavy (non-hydrogen) atoms. The highest BCUT2D eigenvalue weighted by atomic mass is 79.9. The predicted molar refractivity (Wildman–Crippen MR) is 128 cm³/mol. The molecule has 1 atom stereocenters. The molecule has 4 nitrogen and oxygen atoms in total. The summed E-state index contributed by atoms with van der Waals surface area (Å²) in [6.45, 7) is 5.02. The van der Waals surface area contributed by atoms with Crippen molar-refractivity contribution in [1.82, 2.24) is 14.5 Å². The van der Waals surface area contributed by atoms with E-state index in [2.05, 4.69) is 61.6 Å². The minimum Gasteiger partial charge on any atom is -0.329 e. The number of unbranched alkanes of at least 4 members (excludes halogenated alkanes) is 2. The number of rotatable bonds is 8. The first-order valence-electron chi connectivity index (χ1n) is 11.2. The van der Waals surface area contributed by atoms with Gasteiger partial charge in [-0.1, -0.05) is 60.3 Å². The number of nitriles is 1. The van der Waals surface area contributed by atoms with Gasteiger partial charge in [0.2, 0.25) is 0 Å². The second kappa shape index (κ2) is 10.3. The third kappa shape index (κ3) is 5.26. The molecular weight excluding hydrogens is 448 g/mol. The summed E-state index contributed by atoms with van der Waals surface area (Å²) in [5, 5.41) is 9.03. The van der Waals surface area contributed by atoms with Crippen LogP contribution in [0.1, 0.15) is 66.6 Å². The van der Waals surface area contributed by atoms with Crippen LogP contribution < -0.4 is 0 Å². The molecule has 4 rings (SSSR count). The molecule has 0 fully saturated rings. The summed E-state index contributed by atoms with van der Waals surface area (Å²) in [6, 6.07) is 17.3. The number of imidazole rings is 1. The van der Waals surface area contributed by atoms with Gasteiger partial charge in [-0.3, -0.25) is 4.90 Å². The van der Waals surface area contributed by atoms with Crippen LogP contribution in [0.4, 0.5) is 0 Å². The summed E-state index contributed by atoms with van der Waals surface area (Å²) < 4.78 is 3.40. The van der Waals surface area contributed by atoms with Gasteiger partial charge in [-0.25, -0.2) is 4.98 Å². The number of halogens is 1. The van der Waals surface area contributed by atoms with Crippen LogP contribution in [-0.2, 0) is 19.5 Å². The Morgan fingerprint density at radius 3 is 2.74 bits per heavy atom. The molecule has 1 aromatic heterocycles. The monoisotopic (exact) mass is 476 g/mol. The van der Waals surface area contributed by atoms with Crippen molar-refractivity contribution in [3.63, 3.8) is 0 Å². The summed E-state index contributed by atoms with van der Waals surface area (Å²) >= 11 is 3.69. The molecule has 0 saturated carbocycles. The molecule has 0 saturated heterocycles. The molecule has 1 aliphatic rings. The molecule has 1 aliphatic heterocycles. The second-order valence-electron chi connectivity index (χ2n) is 8.40. The van der Waals surface area contributed by atoms with E-state index in [9.17, 15) is 0 Å². The van der Waals surface area contributed by atoms with E-state index >= 15 is 0 Å². The van der Waals surface area contributed by atoms with Crippen LogP contribution in [0, 0.1) is 11.3 Å². The summed E-state index contributed by atoms with van der Waals surface area (Å²) in [6.07, 6.45) is 10.0. The Bertz CT molecular complexity index is 1050. The minimum absolute atomic E-state index is 0.450. The Kier molecular flexibility index (Phi) is 7.21. The summed E-state index contributed by atoms with van der Waals surface area (Å²) in [5.41, 5.74) is 6.10. The van der Waals surface area contributed by atoms with Crippen molar-refractivity contribution in [2.24, 2.45) is 0 Å². The van der Waals surface area contributed by atoms with Gasteiger partial charge in [-0.05, 0) is 53.8 Å². The summed E-state index contributed by atoms with van der Waals surface area (Å²) in [7, 11) is 0. The molecule has 0 aliphatic carbocycles. The van der Waals surface area contributed by atoms with E-state index in [1.54, 1.807) is 0 Å². The SMILES string of the molecule is CCCCCC1c2cc(Br)ccc2CCN1Cc1cncn1Cc1ccc(C#N)cc1. The van der Waals surface area contributed by atoms with Crippen LogP contribution in [0.3, 0.4) is 0 Å². The quantitative estimate of drug-likeness (QED) is 0.361. The number of benzene rings is 2. The van der Waals surface area contributed by atoms with Gasteiger partial charge < -0.3 is 4.57 Å². The fourth-order valence-corrected chi connectivity index (χ4v) is 4.93. The molecule has 0 amide bonds. The number of hydrogen-bond donors (Lipinski definition) is 0. The molecule has 0 radical (unpaired) electrons. The molecule has 1 unspecified atom stereocenters. The largest absolute Gasteiger partial charge is 0.329 e. The first-order valence-corrected chi connectivity index (χ1v) is 12.0. The van der Waals surface area contributed by atoms with Crippen LogP contribution in [0.15, 0.2) is 59.5 Å². The Hall–Kier alpha value is -2.42. The summed E-state index contributed by atoms with van der Waals surface area (Å²) in [4.78, 5) is 7.09. The van der Waals surface area contributed by atoms with Gasteiger partial charge in [-0.15, -0.1) is 0 Å². The van der Waals surface area contributed by atoms with E-state index in [4.69, 9.17) is 5.26 Å². The third-order valence-corrected chi connectivity index (χ3v) is 6.75. The van der Waals surface area contributed by atoms with Gasteiger partial charge in [0.1, 0.15) is 0 Å². The lowest BCUT2D eigenvalue weighted by atomic mass is 9.89. The number of hydrogen-bond acceptors (Lipinski definition) is 3. The Morgan fingerprint density at radius 2 is 1.97 bits per heavy atom. The minimum atomic E-state index is 0.450. The maximum Gasteiger partial charge on any atom is 0.0991 e. The fourth-order valence-electron chi connectivity index (χ4n) is 4.55. The highest BCUT2D eigenvalue weighted by Crippen LogP contribution is 2.36. The zero-order chi connectivity index (χ0) is 21.6. The molecule has 2 heterocycles. The van der Waals surface area contributed by atoms with E-state index < -0.39 is 0 Å². The Labute approximate surface area is 193 Å². The zero-order valence-electron chi connectivity index (χ0n) is 18.1. The van der Waals surface area contributed by atoms with Crippen molar-refractivity contribution in [2.75, 3.05) is 6.54 Å². The maximum atomic E-state index is 9.03. The first-order chi connectivity index (χ1) is 15.2. The molecule has 2 aromatic carbocycles. The van der Waals surface area contributed by atoms with Crippen molar-refractivity contribution in [3.8, 4) is 6.07 Å². The highest BCUT2D eigenvalue weighted by molar-refractivity contribution is 9.10. The van der Waals surface area contributed by atoms with Gasteiger partial charge in [-0.2, -0.15) is 5.26 Å². The van der Waals surface area contributed by atoms with Crippen molar-refractivity contribution in [1.29, 1.82) is 5.26 Å². The lowest BCUT2D eigenvalue weighted by Crippen LogP contribution is -2.35. The Morgan fingerprint density at radius 1 is 1.13 bits per heavy atom. The molecule has 0 bridgehead atoms. The van der Waals surface area contributed by atoms with Crippen molar-refractivity contribution >= 4 is 15.9 Å². The maximum absolute atomic E-state index is 9.03. The standard InChI is InChI=1S/C26H29BrN4/c1-2-3-4-5-26-25-14-23(27)11-10-22(25)12-13-30(26)18-24-16-29-19-31(24)17-21-8-6-20(15-28)7-9-21/h6-11,14,16,19,26H,2-5,12-13,17-18H2,1H3. The topological polar surface area (TPSA) is 44.9 Å². The second-order valence-corrected chi connectivity index (χ2v) is 9.31. The smallest absolute Gasteiger partial charge is 0.0991 e. The molecule has 3 aromatic rings. The van der Waals surface area contributed by atoms with Crippen molar-refractivity contribution < 1.29 is 0 Å². The Balaban J connectivity index is 1.53. The van der Waals surface area contributed by atoms with Crippen molar-refractivity contribution in [2.45, 2.75) is 58.2 Å². The number of fused-ring (bicyclic) bond motifs is 1. The average molecular weight is 477 g/mol. The average Bonchev–Trinajstić information content (AvgIpc) is 3.22. The molecular formula is C26H29BrN4. The van der Waals surface area contributed by atoms with Gasteiger partial charge in [0.25, 0.3) is 0 Å². The van der Waals surface area contributed by atoms with E-state index in [0.29, 0.717) is 11.6 Å². The van der Waals surface area contributed by atoms with Gasteiger partial charge >= 0.3 is 0 Å². The zero-order valence-corrected chi connectivity index (χ0v) is 19.7. The van der Waals surface area contributed by atoms with Crippen LogP contribution in [0.25, 0.3) is 0 Å². The third-order valence-electron chi connectivity index (χ3n) is 6.26. The van der Waals surface area contributed by atoms with E-state index in [-0.39, 0.29) is 0 Å². The number of nitrogens with zero attached hydrogens (tertiary/aromatic N) is 4.